The molecule has 0 spiro atoms. The Bertz CT molecular complexity index is 747. The fourth-order valence-electron chi connectivity index (χ4n) is 2.20. The number of thiophene rings is 1. The first kappa shape index (κ1) is 13.6. The molecular formula is C16H11NO3S. The number of aliphatic hydroxyl groups excluding tert-OH is 1. The van der Waals surface area contributed by atoms with Gasteiger partial charge in [-0.25, -0.2) is 0 Å². The zero-order chi connectivity index (χ0) is 14.8. The van der Waals surface area contributed by atoms with Gasteiger partial charge in [0, 0.05) is 4.88 Å². The zero-order valence-corrected chi connectivity index (χ0v) is 11.8. The minimum atomic E-state index is -0.257. The van der Waals surface area contributed by atoms with E-state index in [0.29, 0.717) is 11.1 Å². The van der Waals surface area contributed by atoms with Crippen LogP contribution in [0.4, 0.5) is 0 Å². The molecule has 2 aromatic rings. The summed E-state index contributed by atoms with van der Waals surface area (Å²) in [6.07, 6.45) is 0. The first-order valence-electron chi connectivity index (χ1n) is 6.34. The highest BCUT2D eigenvalue weighted by Gasteiger charge is 2.35. The molecule has 3 rings (SSSR count). The molecule has 0 unspecified atom stereocenters. The number of carbonyl (C=O) groups is 2. The van der Waals surface area contributed by atoms with Gasteiger partial charge in [-0.2, -0.15) is 0 Å². The average molecular weight is 297 g/mol. The molecule has 0 bridgehead atoms. The molecule has 104 valence electrons. The summed E-state index contributed by atoms with van der Waals surface area (Å²) in [5, 5.41) is 8.67. The van der Waals surface area contributed by atoms with Crippen molar-refractivity contribution in [1.82, 2.24) is 4.90 Å². The average Bonchev–Trinajstić information content (AvgIpc) is 3.05. The number of rotatable bonds is 2. The normalized spacial score (nSPS) is 13.1. The van der Waals surface area contributed by atoms with Crippen molar-refractivity contribution in [3.8, 4) is 11.8 Å². The number of imide groups is 1. The van der Waals surface area contributed by atoms with Gasteiger partial charge in [-0.3, -0.25) is 14.5 Å². The number of nitrogens with zero attached hydrogens (tertiary/aromatic N) is 1. The number of carbonyl (C=O) groups excluding carboxylic acids is 2. The highest BCUT2D eigenvalue weighted by molar-refractivity contribution is 7.12. The van der Waals surface area contributed by atoms with E-state index in [1.807, 2.05) is 12.1 Å². The van der Waals surface area contributed by atoms with Gasteiger partial charge in [0.15, 0.2) is 0 Å². The highest BCUT2D eigenvalue weighted by atomic mass is 32.1. The van der Waals surface area contributed by atoms with Crippen LogP contribution in [0.25, 0.3) is 0 Å². The Morgan fingerprint density at radius 3 is 2.33 bits per heavy atom. The van der Waals surface area contributed by atoms with E-state index in [0.717, 1.165) is 9.75 Å². The number of aliphatic hydroxyl groups is 1. The molecule has 1 aliphatic heterocycles. The summed E-state index contributed by atoms with van der Waals surface area (Å²) >= 11 is 1.41. The minimum Gasteiger partial charge on any atom is -0.384 e. The van der Waals surface area contributed by atoms with Crippen molar-refractivity contribution in [2.45, 2.75) is 6.54 Å². The van der Waals surface area contributed by atoms with Gasteiger partial charge in [0.1, 0.15) is 6.61 Å². The lowest BCUT2D eigenvalue weighted by Gasteiger charge is -2.11. The van der Waals surface area contributed by atoms with E-state index < -0.39 is 0 Å². The Labute approximate surface area is 125 Å². The second-order valence-corrected chi connectivity index (χ2v) is 5.64. The minimum absolute atomic E-state index is 0.189. The Balaban J connectivity index is 1.82. The Kier molecular flexibility index (Phi) is 3.57. The topological polar surface area (TPSA) is 57.6 Å². The van der Waals surface area contributed by atoms with E-state index in [2.05, 4.69) is 11.8 Å². The first-order chi connectivity index (χ1) is 10.2. The van der Waals surface area contributed by atoms with Crippen molar-refractivity contribution in [2.75, 3.05) is 6.61 Å². The van der Waals surface area contributed by atoms with E-state index in [1.54, 1.807) is 24.3 Å². The lowest BCUT2D eigenvalue weighted by Crippen LogP contribution is -2.28. The van der Waals surface area contributed by atoms with Crippen LogP contribution >= 0.6 is 11.3 Å². The van der Waals surface area contributed by atoms with Crippen LogP contribution in [0.1, 0.15) is 30.5 Å². The summed E-state index contributed by atoms with van der Waals surface area (Å²) in [6, 6.07) is 10.5. The molecule has 0 fully saturated rings. The lowest BCUT2D eigenvalue weighted by molar-refractivity contribution is 0.0644. The molecule has 5 heteroatoms. The van der Waals surface area contributed by atoms with Crippen LogP contribution in [-0.4, -0.2) is 28.4 Å². The molecule has 0 saturated carbocycles. The Morgan fingerprint density at radius 1 is 1.05 bits per heavy atom. The third kappa shape index (κ3) is 2.47. The van der Waals surface area contributed by atoms with Crippen LogP contribution in [0.5, 0.6) is 0 Å². The molecule has 2 heterocycles. The first-order valence-corrected chi connectivity index (χ1v) is 7.16. The molecule has 0 aliphatic carbocycles. The standard InChI is InChI=1S/C16H11NO3S/c18-9-3-4-11-7-8-12(21-11)10-17-15(19)13-5-1-2-6-14(13)16(17)20/h1-2,5-8,18H,9-10H2. The fraction of sp³-hybridized carbons (Fsp3) is 0.125. The largest absolute Gasteiger partial charge is 0.384 e. The van der Waals surface area contributed by atoms with E-state index in [4.69, 9.17) is 5.11 Å². The molecule has 1 aromatic carbocycles. The van der Waals surface area contributed by atoms with Gasteiger partial charge in [0.05, 0.1) is 22.5 Å². The maximum atomic E-state index is 12.2. The number of amides is 2. The molecule has 1 aromatic heterocycles. The molecule has 21 heavy (non-hydrogen) atoms. The third-order valence-electron chi connectivity index (χ3n) is 3.14. The maximum absolute atomic E-state index is 12.2. The van der Waals surface area contributed by atoms with Gasteiger partial charge < -0.3 is 5.11 Å². The molecule has 1 N–H and O–H groups in total. The van der Waals surface area contributed by atoms with Crippen molar-refractivity contribution in [1.29, 1.82) is 0 Å². The number of benzene rings is 1. The van der Waals surface area contributed by atoms with Crippen molar-refractivity contribution >= 4 is 23.2 Å². The molecule has 2 amide bonds. The quantitative estimate of drug-likeness (QED) is 0.680. The summed E-state index contributed by atoms with van der Waals surface area (Å²) in [4.78, 5) is 27.4. The maximum Gasteiger partial charge on any atom is 0.261 e. The van der Waals surface area contributed by atoms with Crippen LogP contribution in [0, 0.1) is 11.8 Å². The van der Waals surface area contributed by atoms with E-state index >= 15 is 0 Å². The molecule has 1 aliphatic rings. The van der Waals surface area contributed by atoms with Crippen molar-refractivity contribution in [3.05, 3.63) is 57.3 Å². The van der Waals surface area contributed by atoms with Gasteiger partial charge in [0.25, 0.3) is 11.8 Å². The second-order valence-electron chi connectivity index (χ2n) is 4.47. The van der Waals surface area contributed by atoms with Gasteiger partial charge in [-0.05, 0) is 24.3 Å². The predicted molar refractivity (Wildman–Crippen MR) is 78.9 cm³/mol. The van der Waals surface area contributed by atoms with Gasteiger partial charge in [-0.1, -0.05) is 24.0 Å². The molecule has 4 nitrogen and oxygen atoms in total. The molecule has 0 atom stereocenters. The summed E-state index contributed by atoms with van der Waals surface area (Å²) in [5.41, 5.74) is 0.915. The third-order valence-corrected chi connectivity index (χ3v) is 4.13. The Morgan fingerprint density at radius 2 is 1.71 bits per heavy atom. The smallest absolute Gasteiger partial charge is 0.261 e. The van der Waals surface area contributed by atoms with Crippen LogP contribution in [0.2, 0.25) is 0 Å². The molecular weight excluding hydrogens is 286 g/mol. The van der Waals surface area contributed by atoms with Crippen molar-refractivity contribution in [3.63, 3.8) is 0 Å². The van der Waals surface area contributed by atoms with Crippen molar-refractivity contribution in [2.24, 2.45) is 0 Å². The van der Waals surface area contributed by atoms with Crippen molar-refractivity contribution < 1.29 is 14.7 Å². The fourth-order valence-corrected chi connectivity index (χ4v) is 3.07. The summed E-state index contributed by atoms with van der Waals surface area (Å²) in [7, 11) is 0. The van der Waals surface area contributed by atoms with Crippen LogP contribution in [0.15, 0.2) is 36.4 Å². The summed E-state index contributed by atoms with van der Waals surface area (Å²) in [5.74, 6) is 4.87. The van der Waals surface area contributed by atoms with Crippen LogP contribution in [0.3, 0.4) is 0 Å². The number of hydrogen-bond donors (Lipinski definition) is 1. The summed E-state index contributed by atoms with van der Waals surface area (Å²) in [6.45, 7) is 0.0590. The zero-order valence-electron chi connectivity index (χ0n) is 11.0. The lowest BCUT2D eigenvalue weighted by atomic mass is 10.1. The predicted octanol–water partition coefficient (Wildman–Crippen LogP) is 1.89. The second kappa shape index (κ2) is 5.52. The van der Waals surface area contributed by atoms with Gasteiger partial charge in [-0.15, -0.1) is 11.3 Å². The van der Waals surface area contributed by atoms with E-state index in [-0.39, 0.29) is 25.0 Å². The monoisotopic (exact) mass is 297 g/mol. The van der Waals surface area contributed by atoms with E-state index in [1.165, 1.54) is 16.2 Å². The van der Waals surface area contributed by atoms with Crippen LogP contribution in [-0.2, 0) is 6.54 Å². The van der Waals surface area contributed by atoms with E-state index in [9.17, 15) is 9.59 Å². The molecule has 0 saturated heterocycles. The van der Waals surface area contributed by atoms with Gasteiger partial charge >= 0.3 is 0 Å². The SMILES string of the molecule is O=C1c2ccccc2C(=O)N1Cc1ccc(C#CCO)s1. The number of fused-ring (bicyclic) bond motifs is 1. The Hall–Kier alpha value is -2.42. The molecule has 0 radical (unpaired) electrons. The van der Waals surface area contributed by atoms with Crippen LogP contribution < -0.4 is 0 Å². The van der Waals surface area contributed by atoms with Gasteiger partial charge in [0.2, 0.25) is 0 Å². The highest BCUT2D eigenvalue weighted by Crippen LogP contribution is 2.26. The summed E-state index contributed by atoms with van der Waals surface area (Å²) < 4.78 is 0. The number of hydrogen-bond acceptors (Lipinski definition) is 4.